The van der Waals surface area contributed by atoms with Crippen molar-refractivity contribution in [3.05, 3.63) is 95.1 Å². The van der Waals surface area contributed by atoms with Crippen LogP contribution in [0, 0.1) is 6.92 Å². The van der Waals surface area contributed by atoms with E-state index >= 15 is 0 Å². The topological polar surface area (TPSA) is 61.8 Å². The Labute approximate surface area is 188 Å². The Balaban J connectivity index is 1.53. The summed E-state index contributed by atoms with van der Waals surface area (Å²) in [6.07, 6.45) is 0. The van der Waals surface area contributed by atoms with Crippen LogP contribution in [-0.4, -0.2) is 18.5 Å². The summed E-state index contributed by atoms with van der Waals surface area (Å²) < 4.78 is 16.4. The van der Waals surface area contributed by atoms with Crippen molar-refractivity contribution >= 4 is 11.9 Å². The van der Waals surface area contributed by atoms with Crippen LogP contribution < -0.4 is 9.47 Å². The molecule has 0 spiro atoms. The van der Waals surface area contributed by atoms with Gasteiger partial charge in [0.15, 0.2) is 6.61 Å². The van der Waals surface area contributed by atoms with Crippen LogP contribution in [0.2, 0.25) is 0 Å². The number of rotatable bonds is 7. The fourth-order valence-corrected chi connectivity index (χ4v) is 3.12. The molecule has 0 aliphatic rings. The van der Waals surface area contributed by atoms with Crippen molar-refractivity contribution in [1.82, 2.24) is 0 Å². The molecule has 0 unspecified atom stereocenters. The first kappa shape index (κ1) is 23.1. The molecule has 5 heteroatoms. The average Bonchev–Trinajstić information content (AvgIpc) is 2.77. The van der Waals surface area contributed by atoms with E-state index in [2.05, 4.69) is 26.8 Å². The summed E-state index contributed by atoms with van der Waals surface area (Å²) in [6, 6.07) is 21.6. The SMILES string of the molecule is Cc1ccc(OCC(=O)Oc2ccc(C(=O)OCc3ccccc3)cc2)c(C(C)(C)C)c1. The van der Waals surface area contributed by atoms with Gasteiger partial charge in [-0.15, -0.1) is 0 Å². The minimum atomic E-state index is -0.523. The molecule has 0 fully saturated rings. The molecule has 3 rings (SSSR count). The van der Waals surface area contributed by atoms with Crippen molar-refractivity contribution in [2.75, 3.05) is 6.61 Å². The third kappa shape index (κ3) is 6.45. The summed E-state index contributed by atoms with van der Waals surface area (Å²) in [5.74, 6) is 0.0312. The van der Waals surface area contributed by atoms with Gasteiger partial charge < -0.3 is 14.2 Å². The molecule has 0 saturated heterocycles. The Hall–Kier alpha value is -3.60. The zero-order valence-electron chi connectivity index (χ0n) is 18.9. The summed E-state index contributed by atoms with van der Waals surface area (Å²) >= 11 is 0. The van der Waals surface area contributed by atoms with Gasteiger partial charge in [0.05, 0.1) is 5.56 Å². The molecule has 0 bridgehead atoms. The van der Waals surface area contributed by atoms with Crippen LogP contribution in [0.5, 0.6) is 11.5 Å². The second-order valence-electron chi connectivity index (χ2n) is 8.60. The van der Waals surface area contributed by atoms with E-state index in [4.69, 9.17) is 14.2 Å². The summed E-state index contributed by atoms with van der Waals surface area (Å²) in [6.45, 7) is 8.29. The number of aryl methyl sites for hydroxylation is 1. The molecule has 3 aromatic carbocycles. The predicted molar refractivity (Wildman–Crippen MR) is 123 cm³/mol. The van der Waals surface area contributed by atoms with E-state index < -0.39 is 11.9 Å². The van der Waals surface area contributed by atoms with E-state index in [9.17, 15) is 9.59 Å². The van der Waals surface area contributed by atoms with E-state index in [-0.39, 0.29) is 18.6 Å². The Bertz CT molecular complexity index is 1060. The number of hydrogen-bond donors (Lipinski definition) is 0. The smallest absolute Gasteiger partial charge is 0.349 e. The van der Waals surface area contributed by atoms with Gasteiger partial charge in [-0.3, -0.25) is 0 Å². The van der Waals surface area contributed by atoms with Crippen LogP contribution in [0.3, 0.4) is 0 Å². The van der Waals surface area contributed by atoms with Crippen molar-refractivity contribution in [1.29, 1.82) is 0 Å². The van der Waals surface area contributed by atoms with Crippen molar-refractivity contribution in [3.8, 4) is 11.5 Å². The molecular formula is C27H28O5. The van der Waals surface area contributed by atoms with Crippen molar-refractivity contribution in [2.24, 2.45) is 0 Å². The molecule has 0 amide bonds. The summed E-state index contributed by atoms with van der Waals surface area (Å²) in [4.78, 5) is 24.5. The maximum absolute atomic E-state index is 12.3. The fourth-order valence-electron chi connectivity index (χ4n) is 3.12. The zero-order valence-corrected chi connectivity index (χ0v) is 18.9. The molecule has 0 aromatic heterocycles. The van der Waals surface area contributed by atoms with Gasteiger partial charge in [0.25, 0.3) is 0 Å². The number of carbonyl (C=O) groups excluding carboxylic acids is 2. The number of ether oxygens (including phenoxy) is 3. The lowest BCUT2D eigenvalue weighted by Gasteiger charge is -2.23. The third-order valence-electron chi connectivity index (χ3n) is 4.82. The largest absolute Gasteiger partial charge is 0.482 e. The van der Waals surface area contributed by atoms with Crippen LogP contribution in [0.1, 0.15) is 47.8 Å². The Morgan fingerprint density at radius 3 is 2.22 bits per heavy atom. The number of hydrogen-bond acceptors (Lipinski definition) is 5. The first-order valence-electron chi connectivity index (χ1n) is 10.5. The molecule has 0 saturated carbocycles. The highest BCUT2D eigenvalue weighted by atomic mass is 16.6. The van der Waals surface area contributed by atoms with Crippen molar-refractivity contribution < 1.29 is 23.8 Å². The molecule has 0 atom stereocenters. The van der Waals surface area contributed by atoms with E-state index in [1.54, 1.807) is 24.3 Å². The molecular weight excluding hydrogens is 404 g/mol. The second-order valence-corrected chi connectivity index (χ2v) is 8.60. The van der Waals surface area contributed by atoms with Gasteiger partial charge in [-0.05, 0) is 53.8 Å². The van der Waals surface area contributed by atoms with Crippen LogP contribution in [-0.2, 0) is 21.6 Å². The molecule has 0 N–H and O–H groups in total. The molecule has 32 heavy (non-hydrogen) atoms. The van der Waals surface area contributed by atoms with Crippen LogP contribution >= 0.6 is 0 Å². The summed E-state index contributed by atoms with van der Waals surface area (Å²) in [5.41, 5.74) is 3.34. The van der Waals surface area contributed by atoms with Crippen molar-refractivity contribution in [3.63, 3.8) is 0 Å². The van der Waals surface area contributed by atoms with E-state index in [0.717, 1.165) is 16.7 Å². The van der Waals surface area contributed by atoms with Crippen molar-refractivity contribution in [2.45, 2.75) is 39.7 Å². The Kier molecular flexibility index (Phi) is 7.31. The average molecular weight is 433 g/mol. The molecule has 0 aliphatic carbocycles. The van der Waals surface area contributed by atoms with Crippen LogP contribution in [0.15, 0.2) is 72.8 Å². The standard InChI is InChI=1S/C27H28O5/c1-19-10-15-24(23(16-19)27(2,3)4)30-18-25(28)32-22-13-11-21(12-14-22)26(29)31-17-20-8-6-5-7-9-20/h5-16H,17-18H2,1-4H3. The quantitative estimate of drug-likeness (QED) is 0.357. The maximum atomic E-state index is 12.3. The fraction of sp³-hybridized carbons (Fsp3) is 0.259. The highest BCUT2D eigenvalue weighted by molar-refractivity contribution is 5.89. The predicted octanol–water partition coefficient (Wildman–Crippen LogP) is 5.63. The summed E-state index contributed by atoms with van der Waals surface area (Å²) in [5, 5.41) is 0. The van der Waals surface area contributed by atoms with Gasteiger partial charge in [-0.25, -0.2) is 9.59 Å². The molecule has 166 valence electrons. The number of carbonyl (C=O) groups is 2. The first-order chi connectivity index (χ1) is 15.2. The minimum absolute atomic E-state index is 0.115. The number of benzene rings is 3. The highest BCUT2D eigenvalue weighted by Crippen LogP contribution is 2.32. The molecule has 0 radical (unpaired) electrons. The lowest BCUT2D eigenvalue weighted by molar-refractivity contribution is -0.136. The van der Waals surface area contributed by atoms with Gasteiger partial charge >= 0.3 is 11.9 Å². The van der Waals surface area contributed by atoms with E-state index in [0.29, 0.717) is 17.1 Å². The molecule has 0 aliphatic heterocycles. The van der Waals surface area contributed by atoms with Crippen LogP contribution in [0.25, 0.3) is 0 Å². The van der Waals surface area contributed by atoms with Crippen LogP contribution in [0.4, 0.5) is 0 Å². The summed E-state index contributed by atoms with van der Waals surface area (Å²) in [7, 11) is 0. The first-order valence-corrected chi connectivity index (χ1v) is 10.5. The van der Waals surface area contributed by atoms with E-state index in [1.165, 1.54) is 0 Å². The van der Waals surface area contributed by atoms with Gasteiger partial charge in [-0.2, -0.15) is 0 Å². The third-order valence-corrected chi connectivity index (χ3v) is 4.82. The number of esters is 2. The van der Waals surface area contributed by atoms with E-state index in [1.807, 2.05) is 49.4 Å². The Morgan fingerprint density at radius 1 is 0.875 bits per heavy atom. The van der Waals surface area contributed by atoms with Gasteiger partial charge in [0.1, 0.15) is 18.1 Å². The lowest BCUT2D eigenvalue weighted by atomic mass is 9.85. The Morgan fingerprint density at radius 2 is 1.56 bits per heavy atom. The minimum Gasteiger partial charge on any atom is -0.482 e. The lowest BCUT2D eigenvalue weighted by Crippen LogP contribution is -2.20. The normalized spacial score (nSPS) is 11.0. The molecule has 0 heterocycles. The highest BCUT2D eigenvalue weighted by Gasteiger charge is 2.20. The molecule has 5 nitrogen and oxygen atoms in total. The maximum Gasteiger partial charge on any atom is 0.349 e. The monoisotopic (exact) mass is 432 g/mol. The van der Waals surface area contributed by atoms with Gasteiger partial charge in [0.2, 0.25) is 0 Å². The van der Waals surface area contributed by atoms with Gasteiger partial charge in [-0.1, -0.05) is 68.8 Å². The van der Waals surface area contributed by atoms with Gasteiger partial charge in [0, 0.05) is 0 Å². The second kappa shape index (κ2) is 10.1. The molecule has 3 aromatic rings. The zero-order chi connectivity index (χ0) is 23.1.